The predicted molar refractivity (Wildman–Crippen MR) is 145 cm³/mol. The van der Waals surface area contributed by atoms with Crippen LogP contribution in [0.1, 0.15) is 33.9 Å². The number of nitrogens with zero attached hydrogens (tertiary/aromatic N) is 3. The number of hydrogen-bond acceptors (Lipinski definition) is 8. The topological polar surface area (TPSA) is 123 Å². The summed E-state index contributed by atoms with van der Waals surface area (Å²) >= 11 is 1.24. The predicted octanol–water partition coefficient (Wildman–Crippen LogP) is 5.76. The number of non-ortho nitro benzene ring substituents is 1. The van der Waals surface area contributed by atoms with E-state index in [0.717, 1.165) is 21.4 Å². The standard InChI is InChI=1S/C28H23N3O6S/c1-14-10-16(3)23-21(11-14)38-28(29-23)30-24(17-6-5-7-19(13-17)31(35)36)22(26(33)27(30)34)25(32)18-8-9-20(37-4)15(2)12-18/h5-13,24,32H,1-4H3/b25-22+/t24-/m0/s1. The fourth-order valence-electron chi connectivity index (χ4n) is 4.80. The highest BCUT2D eigenvalue weighted by molar-refractivity contribution is 7.22. The summed E-state index contributed by atoms with van der Waals surface area (Å²) in [6.45, 7) is 5.66. The minimum absolute atomic E-state index is 0.174. The molecule has 2 heterocycles. The van der Waals surface area contributed by atoms with Gasteiger partial charge >= 0.3 is 5.91 Å². The summed E-state index contributed by atoms with van der Waals surface area (Å²) in [5, 5.41) is 23.2. The Bertz CT molecular complexity index is 1690. The van der Waals surface area contributed by atoms with Gasteiger partial charge in [-0.1, -0.05) is 29.5 Å². The van der Waals surface area contributed by atoms with E-state index in [1.165, 1.54) is 41.5 Å². The summed E-state index contributed by atoms with van der Waals surface area (Å²) in [7, 11) is 1.52. The van der Waals surface area contributed by atoms with Gasteiger partial charge in [0.1, 0.15) is 11.5 Å². The number of aryl methyl sites for hydroxylation is 3. The van der Waals surface area contributed by atoms with Crippen molar-refractivity contribution in [2.45, 2.75) is 26.8 Å². The second-order valence-corrected chi connectivity index (χ2v) is 10.1. The Morgan fingerprint density at radius 3 is 2.53 bits per heavy atom. The molecule has 1 aliphatic heterocycles. The van der Waals surface area contributed by atoms with Crippen molar-refractivity contribution in [1.29, 1.82) is 0 Å². The number of fused-ring (bicyclic) bond motifs is 1. The van der Waals surface area contributed by atoms with Crippen LogP contribution in [0.5, 0.6) is 5.75 Å². The number of Topliss-reactive ketones (excluding diaryl/α,β-unsaturated/α-hetero) is 1. The van der Waals surface area contributed by atoms with Crippen molar-refractivity contribution in [2.24, 2.45) is 0 Å². The maximum absolute atomic E-state index is 13.5. The third-order valence-electron chi connectivity index (χ3n) is 6.53. The first-order chi connectivity index (χ1) is 18.1. The van der Waals surface area contributed by atoms with Gasteiger partial charge in [-0.15, -0.1) is 0 Å². The van der Waals surface area contributed by atoms with Gasteiger partial charge < -0.3 is 9.84 Å². The summed E-state index contributed by atoms with van der Waals surface area (Å²) in [6, 6.07) is 13.4. The molecule has 5 rings (SSSR count). The molecule has 1 saturated heterocycles. The van der Waals surface area contributed by atoms with E-state index in [4.69, 9.17) is 4.74 Å². The average Bonchev–Trinajstić information content (AvgIpc) is 3.42. The number of aliphatic hydroxyl groups is 1. The quantitative estimate of drug-likeness (QED) is 0.115. The Morgan fingerprint density at radius 1 is 1.08 bits per heavy atom. The number of anilines is 1. The summed E-state index contributed by atoms with van der Waals surface area (Å²) in [5.41, 5.74) is 3.59. The third-order valence-corrected chi connectivity index (χ3v) is 7.54. The monoisotopic (exact) mass is 529 g/mol. The van der Waals surface area contributed by atoms with Gasteiger partial charge in [-0.2, -0.15) is 0 Å². The number of amides is 1. The van der Waals surface area contributed by atoms with E-state index >= 15 is 0 Å². The van der Waals surface area contributed by atoms with E-state index in [-0.39, 0.29) is 22.2 Å². The van der Waals surface area contributed by atoms with Crippen LogP contribution in [0.2, 0.25) is 0 Å². The molecule has 1 amide bonds. The highest BCUT2D eigenvalue weighted by Gasteiger charge is 2.48. The molecule has 0 saturated carbocycles. The fourth-order valence-corrected chi connectivity index (χ4v) is 5.97. The van der Waals surface area contributed by atoms with E-state index in [9.17, 15) is 24.8 Å². The Kier molecular flexibility index (Phi) is 6.20. The van der Waals surface area contributed by atoms with Gasteiger partial charge in [0.2, 0.25) is 0 Å². The third kappa shape index (κ3) is 4.08. The van der Waals surface area contributed by atoms with Gasteiger partial charge in [0.15, 0.2) is 5.13 Å². The zero-order valence-electron chi connectivity index (χ0n) is 21.0. The zero-order chi connectivity index (χ0) is 27.3. The summed E-state index contributed by atoms with van der Waals surface area (Å²) in [6.07, 6.45) is 0. The SMILES string of the molecule is COc1ccc(/C(O)=C2\C(=O)C(=O)N(c3nc4c(C)cc(C)cc4s3)[C@H]2c2cccc([N+](=O)[O-])c2)cc1C. The maximum Gasteiger partial charge on any atom is 0.301 e. The van der Waals surface area contributed by atoms with Crippen LogP contribution in [0.15, 0.2) is 60.2 Å². The van der Waals surface area contributed by atoms with E-state index in [2.05, 4.69) is 4.98 Å². The van der Waals surface area contributed by atoms with Gasteiger partial charge in [0.25, 0.3) is 11.5 Å². The van der Waals surface area contributed by atoms with Gasteiger partial charge in [-0.25, -0.2) is 4.98 Å². The largest absolute Gasteiger partial charge is 0.507 e. The lowest BCUT2D eigenvalue weighted by atomic mass is 9.94. The lowest BCUT2D eigenvalue weighted by molar-refractivity contribution is -0.384. The molecule has 10 heteroatoms. The maximum atomic E-state index is 13.5. The number of benzene rings is 3. The highest BCUT2D eigenvalue weighted by atomic mass is 32.1. The van der Waals surface area contributed by atoms with E-state index in [1.54, 1.807) is 31.2 Å². The van der Waals surface area contributed by atoms with Crippen LogP contribution in [0.25, 0.3) is 16.0 Å². The molecule has 3 aromatic carbocycles. The molecule has 0 unspecified atom stereocenters. The Morgan fingerprint density at radius 2 is 1.84 bits per heavy atom. The summed E-state index contributed by atoms with van der Waals surface area (Å²) in [4.78, 5) is 43.8. The van der Waals surface area contributed by atoms with Crippen molar-refractivity contribution in [1.82, 2.24) is 4.98 Å². The second kappa shape index (κ2) is 9.38. The lowest BCUT2D eigenvalue weighted by Crippen LogP contribution is -2.29. The van der Waals surface area contributed by atoms with Crippen molar-refractivity contribution >= 4 is 49.8 Å². The molecule has 1 N–H and O–H groups in total. The van der Waals surface area contributed by atoms with E-state index in [0.29, 0.717) is 22.4 Å². The van der Waals surface area contributed by atoms with Crippen molar-refractivity contribution < 1.29 is 24.4 Å². The minimum atomic E-state index is -1.13. The minimum Gasteiger partial charge on any atom is -0.507 e. The molecule has 38 heavy (non-hydrogen) atoms. The molecule has 1 atom stereocenters. The van der Waals surface area contributed by atoms with E-state index in [1.807, 2.05) is 26.0 Å². The molecule has 0 aliphatic carbocycles. The summed E-state index contributed by atoms with van der Waals surface area (Å²) in [5.74, 6) is -1.57. The number of rotatable bonds is 5. The Labute approximate surface area is 221 Å². The highest BCUT2D eigenvalue weighted by Crippen LogP contribution is 2.45. The van der Waals surface area contributed by atoms with Gasteiger partial charge in [-0.05, 0) is 67.3 Å². The number of ether oxygens (including phenoxy) is 1. The van der Waals surface area contributed by atoms with Crippen LogP contribution >= 0.6 is 11.3 Å². The van der Waals surface area contributed by atoms with Crippen molar-refractivity contribution in [3.05, 3.63) is 98.1 Å². The number of aliphatic hydroxyl groups excluding tert-OH is 1. The smallest absolute Gasteiger partial charge is 0.301 e. The molecule has 0 spiro atoms. The zero-order valence-corrected chi connectivity index (χ0v) is 21.8. The number of nitro groups is 1. The number of thiazole rings is 1. The first kappa shape index (κ1) is 25.1. The molecule has 1 aromatic heterocycles. The van der Waals surface area contributed by atoms with Crippen molar-refractivity contribution in [2.75, 3.05) is 12.0 Å². The van der Waals surface area contributed by atoms with Crippen LogP contribution in [0.3, 0.4) is 0 Å². The number of methoxy groups -OCH3 is 1. The lowest BCUT2D eigenvalue weighted by Gasteiger charge is -2.23. The normalized spacial score (nSPS) is 16.8. The molecule has 4 aromatic rings. The van der Waals surface area contributed by atoms with Gasteiger partial charge in [0.05, 0.1) is 33.9 Å². The first-order valence-corrected chi connectivity index (χ1v) is 12.5. The number of ketones is 1. The van der Waals surface area contributed by atoms with E-state index < -0.39 is 22.7 Å². The van der Waals surface area contributed by atoms with Crippen LogP contribution in [-0.2, 0) is 9.59 Å². The number of carbonyl (C=O) groups is 2. The van der Waals surface area contributed by atoms with Crippen LogP contribution in [-0.4, -0.2) is 33.8 Å². The molecule has 0 bridgehead atoms. The molecular weight excluding hydrogens is 506 g/mol. The van der Waals surface area contributed by atoms with Crippen LogP contribution < -0.4 is 9.64 Å². The second-order valence-electron chi connectivity index (χ2n) is 9.13. The number of nitro benzene ring substituents is 1. The molecule has 9 nitrogen and oxygen atoms in total. The Hall–Kier alpha value is -4.57. The van der Waals surface area contributed by atoms with Crippen molar-refractivity contribution in [3.63, 3.8) is 0 Å². The number of aromatic nitrogens is 1. The molecule has 0 radical (unpaired) electrons. The first-order valence-electron chi connectivity index (χ1n) is 11.7. The van der Waals surface area contributed by atoms with Gasteiger partial charge in [-0.3, -0.25) is 24.6 Å². The Balaban J connectivity index is 1.76. The molecular formula is C28H23N3O6S. The van der Waals surface area contributed by atoms with Crippen LogP contribution in [0, 0.1) is 30.9 Å². The fraction of sp³-hybridized carbons (Fsp3) is 0.179. The van der Waals surface area contributed by atoms with Crippen LogP contribution in [0.4, 0.5) is 10.8 Å². The van der Waals surface area contributed by atoms with Gasteiger partial charge in [0, 0.05) is 17.7 Å². The number of carbonyl (C=O) groups excluding carboxylic acids is 2. The average molecular weight is 530 g/mol. The molecule has 1 aliphatic rings. The van der Waals surface area contributed by atoms with Crippen molar-refractivity contribution in [3.8, 4) is 5.75 Å². The number of hydrogen-bond donors (Lipinski definition) is 1. The molecule has 192 valence electrons. The summed E-state index contributed by atoms with van der Waals surface area (Å²) < 4.78 is 6.13. The molecule has 1 fully saturated rings.